The van der Waals surface area contributed by atoms with Gasteiger partial charge in [-0.05, 0) is 36.4 Å². The van der Waals surface area contributed by atoms with Crippen LogP contribution in [0.4, 0.5) is 11.4 Å². The van der Waals surface area contributed by atoms with Gasteiger partial charge in [-0.1, -0.05) is 60.7 Å². The monoisotopic (exact) mass is 413 g/mol. The Kier molecular flexibility index (Phi) is 5.80. The number of carboxylic acid groups (broad SMARTS) is 1. The van der Waals surface area contributed by atoms with Gasteiger partial charge < -0.3 is 20.5 Å². The Hall–Kier alpha value is -3.93. The molecule has 0 saturated carbocycles. The van der Waals surface area contributed by atoms with Gasteiger partial charge in [0.1, 0.15) is 0 Å². The molecule has 0 heterocycles. The summed E-state index contributed by atoms with van der Waals surface area (Å²) in [6, 6.07) is 20.0. The zero-order valence-electron chi connectivity index (χ0n) is 16.7. The van der Waals surface area contributed by atoms with Crippen LogP contribution in [0.1, 0.15) is 23.2 Å². The second kappa shape index (κ2) is 8.83. The molecular weight excluding hydrogens is 392 g/mol. The molecule has 3 aromatic rings. The number of amides is 2. The second-order valence-corrected chi connectivity index (χ2v) is 7.49. The van der Waals surface area contributed by atoms with Crippen LogP contribution in [0.5, 0.6) is 0 Å². The van der Waals surface area contributed by atoms with Crippen molar-refractivity contribution in [2.24, 2.45) is 11.8 Å². The zero-order chi connectivity index (χ0) is 21.8. The summed E-state index contributed by atoms with van der Waals surface area (Å²) in [5, 5.41) is 19.0. The number of anilines is 2. The predicted molar refractivity (Wildman–Crippen MR) is 117 cm³/mol. The van der Waals surface area contributed by atoms with Gasteiger partial charge >= 0.3 is 0 Å². The average Bonchev–Trinajstić information content (AvgIpc) is 2.79. The van der Waals surface area contributed by atoms with Crippen molar-refractivity contribution in [3.8, 4) is 0 Å². The van der Waals surface area contributed by atoms with Gasteiger partial charge in [0.15, 0.2) is 0 Å². The molecule has 0 radical (unpaired) electrons. The van der Waals surface area contributed by atoms with Crippen LogP contribution < -0.4 is 15.7 Å². The van der Waals surface area contributed by atoms with Crippen molar-refractivity contribution in [3.63, 3.8) is 0 Å². The van der Waals surface area contributed by atoms with E-state index in [0.717, 1.165) is 10.8 Å². The highest BCUT2D eigenvalue weighted by Gasteiger charge is 2.30. The van der Waals surface area contributed by atoms with Gasteiger partial charge in [-0.15, -0.1) is 0 Å². The maximum atomic E-state index is 13.0. The van der Waals surface area contributed by atoms with Crippen LogP contribution in [0, 0.1) is 11.8 Å². The first-order valence-electron chi connectivity index (χ1n) is 10.1. The number of benzene rings is 3. The van der Waals surface area contributed by atoms with E-state index >= 15 is 0 Å². The lowest BCUT2D eigenvalue weighted by molar-refractivity contribution is -0.313. The molecule has 1 aliphatic carbocycles. The van der Waals surface area contributed by atoms with Gasteiger partial charge in [0.25, 0.3) is 5.91 Å². The highest BCUT2D eigenvalue weighted by Crippen LogP contribution is 2.28. The molecule has 3 aromatic carbocycles. The first-order chi connectivity index (χ1) is 15.0. The summed E-state index contributed by atoms with van der Waals surface area (Å²) in [5.41, 5.74) is 1.29. The molecule has 31 heavy (non-hydrogen) atoms. The van der Waals surface area contributed by atoms with Crippen LogP contribution in [0.25, 0.3) is 10.8 Å². The fourth-order valence-electron chi connectivity index (χ4n) is 3.90. The Morgan fingerprint density at radius 2 is 1.39 bits per heavy atom. The van der Waals surface area contributed by atoms with Crippen molar-refractivity contribution in [1.29, 1.82) is 0 Å². The minimum Gasteiger partial charge on any atom is -0.550 e. The number of hydrogen-bond donors (Lipinski definition) is 2. The highest BCUT2D eigenvalue weighted by molar-refractivity contribution is 6.13. The van der Waals surface area contributed by atoms with Crippen LogP contribution in [-0.4, -0.2) is 17.8 Å². The number of hydrogen-bond acceptors (Lipinski definition) is 4. The molecular formula is C25H21N2O4-. The molecule has 2 atom stereocenters. The molecule has 4 rings (SSSR count). The minimum absolute atomic E-state index is 0.254. The Bertz CT molecular complexity index is 1180. The normalized spacial score (nSPS) is 17.8. The molecule has 0 saturated heterocycles. The molecule has 0 spiro atoms. The molecule has 0 aromatic heterocycles. The molecule has 2 N–H and O–H groups in total. The van der Waals surface area contributed by atoms with Gasteiger partial charge in [0, 0.05) is 23.0 Å². The van der Waals surface area contributed by atoms with Crippen molar-refractivity contribution in [3.05, 3.63) is 84.4 Å². The van der Waals surface area contributed by atoms with Gasteiger partial charge in [-0.2, -0.15) is 0 Å². The standard InChI is InChI=1S/C25H22N2O4/c28-23(18-11-3-4-12-19(18)25(30)31)27-22-14-6-5-13-20(22)24(29)26-21-15-7-9-16-8-1-2-10-17(16)21/h1-10,13-15,18-19H,11-12H2,(H,26,29)(H,27,28)(H,30,31)/p-1/t18-,19-/m0/s1. The Morgan fingerprint density at radius 1 is 0.742 bits per heavy atom. The van der Waals surface area contributed by atoms with Crippen molar-refractivity contribution < 1.29 is 19.5 Å². The Morgan fingerprint density at radius 3 is 2.19 bits per heavy atom. The summed E-state index contributed by atoms with van der Waals surface area (Å²) in [6.45, 7) is 0. The van der Waals surface area contributed by atoms with Crippen LogP contribution in [0.15, 0.2) is 78.9 Å². The van der Waals surface area contributed by atoms with Crippen LogP contribution in [0.2, 0.25) is 0 Å². The van der Waals surface area contributed by atoms with E-state index < -0.39 is 23.7 Å². The molecule has 0 bridgehead atoms. The van der Waals surface area contributed by atoms with E-state index in [1.54, 1.807) is 36.4 Å². The lowest BCUT2D eigenvalue weighted by Crippen LogP contribution is -2.41. The number of carbonyl (C=O) groups excluding carboxylic acids is 3. The third-order valence-electron chi connectivity index (χ3n) is 5.54. The molecule has 0 aliphatic heterocycles. The fraction of sp³-hybridized carbons (Fsp3) is 0.160. The van der Waals surface area contributed by atoms with E-state index in [2.05, 4.69) is 10.6 Å². The summed E-state index contributed by atoms with van der Waals surface area (Å²) in [7, 11) is 0. The summed E-state index contributed by atoms with van der Waals surface area (Å²) in [5.74, 6) is -3.69. The molecule has 1 aliphatic rings. The maximum absolute atomic E-state index is 13.0. The molecule has 0 fully saturated rings. The van der Waals surface area contributed by atoms with Crippen molar-refractivity contribution in [2.75, 3.05) is 10.6 Å². The summed E-state index contributed by atoms with van der Waals surface area (Å²) >= 11 is 0. The Balaban J connectivity index is 1.57. The van der Waals surface area contributed by atoms with Crippen LogP contribution in [-0.2, 0) is 9.59 Å². The molecule has 2 amide bonds. The van der Waals surface area contributed by atoms with Crippen molar-refractivity contribution in [2.45, 2.75) is 12.8 Å². The predicted octanol–water partition coefficient (Wildman–Crippen LogP) is 3.36. The van der Waals surface area contributed by atoms with E-state index in [9.17, 15) is 19.5 Å². The number of aliphatic carboxylic acids is 1. The number of allylic oxidation sites excluding steroid dienone is 2. The molecule has 6 heteroatoms. The first-order valence-corrected chi connectivity index (χ1v) is 10.1. The van der Waals surface area contributed by atoms with Gasteiger partial charge in [-0.25, -0.2) is 0 Å². The number of carboxylic acids is 1. The van der Waals surface area contributed by atoms with Gasteiger partial charge in [-0.3, -0.25) is 9.59 Å². The second-order valence-electron chi connectivity index (χ2n) is 7.49. The third kappa shape index (κ3) is 4.33. The topological polar surface area (TPSA) is 98.3 Å². The van der Waals surface area contributed by atoms with Crippen LogP contribution in [0.3, 0.4) is 0 Å². The third-order valence-corrected chi connectivity index (χ3v) is 5.54. The number of carbonyl (C=O) groups is 3. The first kappa shape index (κ1) is 20.3. The maximum Gasteiger partial charge on any atom is 0.257 e. The zero-order valence-corrected chi connectivity index (χ0v) is 16.7. The van der Waals surface area contributed by atoms with E-state index in [1.807, 2.05) is 42.5 Å². The van der Waals surface area contributed by atoms with Gasteiger partial charge in [0.2, 0.25) is 5.91 Å². The van der Waals surface area contributed by atoms with Crippen molar-refractivity contribution >= 4 is 39.9 Å². The van der Waals surface area contributed by atoms with E-state index in [-0.39, 0.29) is 12.3 Å². The van der Waals surface area contributed by atoms with E-state index in [1.165, 1.54) is 0 Å². The van der Waals surface area contributed by atoms with Gasteiger partial charge in [0.05, 0.1) is 17.2 Å². The highest BCUT2D eigenvalue weighted by atomic mass is 16.4. The summed E-state index contributed by atoms with van der Waals surface area (Å²) in [6.07, 6.45) is 4.11. The molecule has 6 nitrogen and oxygen atoms in total. The number of fused-ring (bicyclic) bond motifs is 1. The lowest BCUT2D eigenvalue weighted by atomic mass is 9.82. The SMILES string of the molecule is O=C(Nc1cccc2ccccc12)c1ccccc1NC(=O)[C@H]1CC=CC[C@@H]1C(=O)[O-]. The lowest BCUT2D eigenvalue weighted by Gasteiger charge is -2.28. The number of rotatable bonds is 5. The molecule has 0 unspecified atom stereocenters. The fourth-order valence-corrected chi connectivity index (χ4v) is 3.90. The van der Waals surface area contributed by atoms with Crippen molar-refractivity contribution in [1.82, 2.24) is 0 Å². The quantitative estimate of drug-likeness (QED) is 0.627. The minimum atomic E-state index is -1.24. The number of nitrogens with one attached hydrogen (secondary N) is 2. The average molecular weight is 413 g/mol. The summed E-state index contributed by atoms with van der Waals surface area (Å²) < 4.78 is 0. The Labute approximate surface area is 179 Å². The van der Waals surface area contributed by atoms with E-state index in [0.29, 0.717) is 23.4 Å². The largest absolute Gasteiger partial charge is 0.550 e. The smallest absolute Gasteiger partial charge is 0.257 e. The molecule has 156 valence electrons. The van der Waals surface area contributed by atoms with E-state index in [4.69, 9.17) is 0 Å². The number of para-hydroxylation sites is 1. The summed E-state index contributed by atoms with van der Waals surface area (Å²) in [4.78, 5) is 37.3. The van der Waals surface area contributed by atoms with Crippen LogP contribution >= 0.6 is 0 Å².